The van der Waals surface area contributed by atoms with Crippen LogP contribution in [0, 0.1) is 13.8 Å². The van der Waals surface area contributed by atoms with Crippen LogP contribution in [0.5, 0.6) is 23.0 Å². The van der Waals surface area contributed by atoms with Gasteiger partial charge < -0.3 is 19.3 Å². The van der Waals surface area contributed by atoms with Crippen LogP contribution in [-0.2, 0) is 12.7 Å². The van der Waals surface area contributed by atoms with Crippen LogP contribution in [0.25, 0.3) is 10.9 Å². The summed E-state index contributed by atoms with van der Waals surface area (Å²) in [4.78, 5) is 17.6. The Labute approximate surface area is 217 Å². The fourth-order valence-electron chi connectivity index (χ4n) is 4.07. The summed E-state index contributed by atoms with van der Waals surface area (Å²) in [5, 5.41) is 10.6. The molecule has 1 N–H and O–H groups in total. The second kappa shape index (κ2) is 10.5. The molecule has 4 rings (SSSR count). The lowest BCUT2D eigenvalue weighted by Gasteiger charge is -2.23. The Balaban J connectivity index is 1.65. The summed E-state index contributed by atoms with van der Waals surface area (Å²) < 4.78 is 55.7. The van der Waals surface area contributed by atoms with Crippen LogP contribution in [0.1, 0.15) is 22.3 Å². The molecule has 1 amide bonds. The van der Waals surface area contributed by atoms with Gasteiger partial charge in [0.2, 0.25) is 0 Å². The van der Waals surface area contributed by atoms with Gasteiger partial charge in [-0.05, 0) is 66.9 Å². The molecule has 0 saturated heterocycles. The van der Waals surface area contributed by atoms with Crippen molar-refractivity contribution in [3.05, 3.63) is 83.0 Å². The molecule has 0 aliphatic heterocycles. The Morgan fingerprint density at radius 3 is 2.16 bits per heavy atom. The van der Waals surface area contributed by atoms with E-state index in [9.17, 15) is 23.1 Å². The first-order valence-electron chi connectivity index (χ1n) is 11.5. The van der Waals surface area contributed by atoms with Crippen LogP contribution in [0.3, 0.4) is 0 Å². The van der Waals surface area contributed by atoms with E-state index in [-0.39, 0.29) is 6.54 Å². The highest BCUT2D eigenvalue weighted by molar-refractivity contribution is 5.89. The molecule has 38 heavy (non-hydrogen) atoms. The summed E-state index contributed by atoms with van der Waals surface area (Å²) in [6.07, 6.45) is -4.09. The fraction of sp³-hybridized carbons (Fsp3) is 0.214. The van der Waals surface area contributed by atoms with Crippen molar-refractivity contribution in [3.63, 3.8) is 0 Å². The highest BCUT2D eigenvalue weighted by Gasteiger charge is 2.30. The summed E-state index contributed by atoms with van der Waals surface area (Å²) in [6, 6.07) is 13.0. The largest absolute Gasteiger partial charge is 0.493 e. The van der Waals surface area contributed by atoms with Gasteiger partial charge in [0.05, 0.1) is 37.5 Å². The quantitative estimate of drug-likeness (QED) is 0.271. The van der Waals surface area contributed by atoms with Crippen LogP contribution >= 0.6 is 0 Å². The van der Waals surface area contributed by atoms with E-state index in [4.69, 9.17) is 14.2 Å². The van der Waals surface area contributed by atoms with Crippen LogP contribution < -0.4 is 19.1 Å². The van der Waals surface area contributed by atoms with Gasteiger partial charge in [-0.1, -0.05) is 12.1 Å². The molecule has 0 aliphatic rings. The number of amides is 1. The second-order valence-corrected chi connectivity index (χ2v) is 8.60. The Morgan fingerprint density at radius 2 is 1.55 bits per heavy atom. The van der Waals surface area contributed by atoms with Gasteiger partial charge in [-0.3, -0.25) is 9.88 Å². The lowest BCUT2D eigenvalue weighted by atomic mass is 10.1. The number of fused-ring (bicyclic) bond motifs is 1. The molecule has 0 saturated carbocycles. The van der Waals surface area contributed by atoms with Crippen LogP contribution in [-0.4, -0.2) is 30.4 Å². The van der Waals surface area contributed by atoms with Crippen molar-refractivity contribution in [2.45, 2.75) is 26.6 Å². The van der Waals surface area contributed by atoms with Crippen molar-refractivity contribution in [2.75, 3.05) is 19.1 Å². The standard InChI is InChI=1S/C28H25F3N2O5/c1-16-12-24(38-23-9-10-32-21-14-26(37-4)25(36-3)13-20(21)23)17(2)11-22(16)33(27(34)35)15-18-5-7-19(8-6-18)28(29,30)31/h5-14H,15H2,1-4H3,(H,34,35). The maximum absolute atomic E-state index is 12.9. The lowest BCUT2D eigenvalue weighted by Crippen LogP contribution is -2.29. The van der Waals surface area contributed by atoms with Gasteiger partial charge in [-0.2, -0.15) is 13.2 Å². The molecule has 7 nitrogen and oxygen atoms in total. The first kappa shape index (κ1) is 26.6. The molecule has 0 unspecified atom stereocenters. The highest BCUT2D eigenvalue weighted by Crippen LogP contribution is 2.39. The zero-order valence-corrected chi connectivity index (χ0v) is 21.1. The van der Waals surface area contributed by atoms with Crippen molar-refractivity contribution >= 4 is 22.7 Å². The minimum Gasteiger partial charge on any atom is -0.493 e. The molecule has 0 bridgehead atoms. The first-order valence-corrected chi connectivity index (χ1v) is 11.5. The third-order valence-electron chi connectivity index (χ3n) is 6.06. The minimum absolute atomic E-state index is 0.120. The van der Waals surface area contributed by atoms with Crippen molar-refractivity contribution < 1.29 is 37.3 Å². The van der Waals surface area contributed by atoms with E-state index in [1.807, 2.05) is 0 Å². The number of carboxylic acid groups (broad SMARTS) is 1. The number of alkyl halides is 3. The molecule has 0 radical (unpaired) electrons. The summed E-state index contributed by atoms with van der Waals surface area (Å²) in [6.45, 7) is 3.40. The number of carbonyl (C=O) groups is 1. The molecule has 0 aliphatic carbocycles. The molecule has 0 fully saturated rings. The highest BCUT2D eigenvalue weighted by atomic mass is 19.4. The Morgan fingerprint density at radius 1 is 0.895 bits per heavy atom. The third kappa shape index (κ3) is 5.44. The molecule has 1 aromatic heterocycles. The van der Waals surface area contributed by atoms with Gasteiger partial charge in [0.25, 0.3) is 0 Å². The van der Waals surface area contributed by atoms with E-state index < -0.39 is 17.8 Å². The number of benzene rings is 3. The number of ether oxygens (including phenoxy) is 3. The van der Waals surface area contributed by atoms with Gasteiger partial charge in [0.15, 0.2) is 11.5 Å². The van der Waals surface area contributed by atoms with Gasteiger partial charge in [-0.15, -0.1) is 0 Å². The number of pyridine rings is 1. The van der Waals surface area contributed by atoms with Gasteiger partial charge in [0, 0.05) is 17.6 Å². The number of hydrogen-bond donors (Lipinski definition) is 1. The first-order chi connectivity index (χ1) is 18.0. The number of aromatic nitrogens is 1. The summed E-state index contributed by atoms with van der Waals surface area (Å²) >= 11 is 0. The minimum atomic E-state index is -4.47. The summed E-state index contributed by atoms with van der Waals surface area (Å²) in [5.74, 6) is 2.07. The molecular formula is C28H25F3N2O5. The molecular weight excluding hydrogens is 501 g/mol. The number of aryl methyl sites for hydroxylation is 2. The van der Waals surface area contributed by atoms with Crippen LogP contribution in [0.15, 0.2) is 60.8 Å². The average molecular weight is 527 g/mol. The topological polar surface area (TPSA) is 81.1 Å². The Kier molecular flexibility index (Phi) is 7.34. The van der Waals surface area contributed by atoms with E-state index in [2.05, 4.69) is 4.98 Å². The average Bonchev–Trinajstić information content (AvgIpc) is 2.88. The van der Waals surface area contributed by atoms with E-state index in [1.54, 1.807) is 50.4 Å². The SMILES string of the molecule is COc1cc2nccc(Oc3cc(C)c(N(Cc4ccc(C(F)(F)F)cc4)C(=O)O)cc3C)c2cc1OC. The van der Waals surface area contributed by atoms with Crippen LogP contribution in [0.2, 0.25) is 0 Å². The number of anilines is 1. The zero-order chi connectivity index (χ0) is 27.6. The number of methoxy groups -OCH3 is 2. The molecule has 3 aromatic carbocycles. The van der Waals surface area contributed by atoms with E-state index in [0.29, 0.717) is 56.3 Å². The predicted octanol–water partition coefficient (Wildman–Crippen LogP) is 7.36. The van der Waals surface area contributed by atoms with Crippen molar-refractivity contribution in [2.24, 2.45) is 0 Å². The number of halogens is 3. The number of nitrogens with zero attached hydrogens (tertiary/aromatic N) is 2. The van der Waals surface area contributed by atoms with Gasteiger partial charge >= 0.3 is 12.3 Å². The van der Waals surface area contributed by atoms with Gasteiger partial charge in [0.1, 0.15) is 11.5 Å². The lowest BCUT2D eigenvalue weighted by molar-refractivity contribution is -0.137. The second-order valence-electron chi connectivity index (χ2n) is 8.60. The Hall–Kier alpha value is -4.47. The maximum Gasteiger partial charge on any atom is 0.416 e. The molecule has 0 atom stereocenters. The van der Waals surface area contributed by atoms with Gasteiger partial charge in [-0.25, -0.2) is 4.79 Å². The zero-order valence-electron chi connectivity index (χ0n) is 21.1. The summed E-state index contributed by atoms with van der Waals surface area (Å²) in [7, 11) is 3.07. The number of rotatable bonds is 7. The monoisotopic (exact) mass is 526 g/mol. The smallest absolute Gasteiger partial charge is 0.416 e. The Bertz CT molecular complexity index is 1490. The normalized spacial score (nSPS) is 11.3. The van der Waals surface area contributed by atoms with E-state index >= 15 is 0 Å². The molecule has 0 spiro atoms. The van der Waals surface area contributed by atoms with Crippen molar-refractivity contribution in [1.82, 2.24) is 4.98 Å². The van der Waals surface area contributed by atoms with E-state index in [1.165, 1.54) is 26.4 Å². The third-order valence-corrected chi connectivity index (χ3v) is 6.06. The molecule has 10 heteroatoms. The van der Waals surface area contributed by atoms with Crippen LogP contribution in [0.4, 0.5) is 23.7 Å². The molecule has 4 aromatic rings. The molecule has 1 heterocycles. The predicted molar refractivity (Wildman–Crippen MR) is 136 cm³/mol. The molecule has 198 valence electrons. The number of hydrogen-bond acceptors (Lipinski definition) is 5. The maximum atomic E-state index is 12.9. The fourth-order valence-corrected chi connectivity index (χ4v) is 4.07. The van der Waals surface area contributed by atoms with Crippen molar-refractivity contribution in [1.29, 1.82) is 0 Å². The van der Waals surface area contributed by atoms with Crippen molar-refractivity contribution in [3.8, 4) is 23.0 Å². The summed E-state index contributed by atoms with van der Waals surface area (Å²) in [5.41, 5.74) is 1.93. The van der Waals surface area contributed by atoms with E-state index in [0.717, 1.165) is 17.0 Å².